The van der Waals surface area contributed by atoms with Gasteiger partial charge < -0.3 is 25.8 Å². The van der Waals surface area contributed by atoms with E-state index in [-0.39, 0.29) is 0 Å². The van der Waals surface area contributed by atoms with Gasteiger partial charge in [-0.3, -0.25) is 0 Å². The van der Waals surface area contributed by atoms with Crippen LogP contribution in [0.1, 0.15) is 12.5 Å². The van der Waals surface area contributed by atoms with Gasteiger partial charge in [0.1, 0.15) is 11.9 Å². The minimum Gasteiger partial charge on any atom is -0.477 e. The molecule has 5 rings (SSSR count). The third-order valence-electron chi connectivity index (χ3n) is 6.15. The van der Waals surface area contributed by atoms with Crippen molar-refractivity contribution in [3.8, 4) is 34.2 Å². The summed E-state index contributed by atoms with van der Waals surface area (Å²) < 4.78 is 10.9. The van der Waals surface area contributed by atoms with E-state index in [0.717, 1.165) is 54.1 Å². The molecule has 35 heavy (non-hydrogen) atoms. The van der Waals surface area contributed by atoms with Gasteiger partial charge in [0.25, 0.3) is 0 Å². The number of morpholine rings is 1. The van der Waals surface area contributed by atoms with E-state index in [1.54, 1.807) is 6.20 Å². The van der Waals surface area contributed by atoms with E-state index < -0.39 is 0 Å². The van der Waals surface area contributed by atoms with Crippen molar-refractivity contribution in [2.24, 2.45) is 0 Å². The van der Waals surface area contributed by atoms with Crippen LogP contribution in [0.5, 0.6) is 5.88 Å². The zero-order chi connectivity index (χ0) is 24.4. The van der Waals surface area contributed by atoms with Crippen molar-refractivity contribution in [3.63, 3.8) is 0 Å². The van der Waals surface area contributed by atoms with Gasteiger partial charge in [0, 0.05) is 41.5 Å². The highest BCUT2D eigenvalue weighted by molar-refractivity contribution is 5.98. The van der Waals surface area contributed by atoms with E-state index in [0.29, 0.717) is 40.6 Å². The van der Waals surface area contributed by atoms with Crippen LogP contribution < -0.4 is 21.1 Å². The number of benzene rings is 2. The highest BCUT2D eigenvalue weighted by Crippen LogP contribution is 2.36. The number of nitriles is 1. The number of fused-ring (bicyclic) bond motifs is 1. The van der Waals surface area contributed by atoms with Gasteiger partial charge in [0.05, 0.1) is 36.6 Å². The number of nitrogens with zero attached hydrogens (tertiary/aromatic N) is 4. The Labute approximate surface area is 203 Å². The summed E-state index contributed by atoms with van der Waals surface area (Å²) in [5, 5.41) is 10.9. The van der Waals surface area contributed by atoms with Crippen molar-refractivity contribution in [1.29, 1.82) is 5.26 Å². The molecule has 2 aromatic carbocycles. The van der Waals surface area contributed by atoms with E-state index in [1.165, 1.54) is 0 Å². The molecule has 1 aliphatic heterocycles. The Kier molecular flexibility index (Phi) is 6.08. The summed E-state index contributed by atoms with van der Waals surface area (Å²) in [5.74, 6) is 0.736. The Balaban J connectivity index is 1.57. The fourth-order valence-electron chi connectivity index (χ4n) is 4.41. The third kappa shape index (κ3) is 4.29. The lowest BCUT2D eigenvalue weighted by Crippen LogP contribution is -2.36. The first-order valence-corrected chi connectivity index (χ1v) is 11.5. The first-order chi connectivity index (χ1) is 17.1. The number of pyridine rings is 2. The Bertz CT molecular complexity index is 1420. The number of aromatic nitrogens is 2. The van der Waals surface area contributed by atoms with Gasteiger partial charge in [0.15, 0.2) is 0 Å². The number of anilines is 3. The first kappa shape index (κ1) is 22.4. The van der Waals surface area contributed by atoms with Gasteiger partial charge in [0.2, 0.25) is 5.88 Å². The lowest BCUT2D eigenvalue weighted by molar-refractivity contribution is 0.122. The van der Waals surface area contributed by atoms with Crippen LogP contribution in [0.3, 0.4) is 0 Å². The van der Waals surface area contributed by atoms with E-state index in [2.05, 4.69) is 33.1 Å². The number of rotatable bonds is 5. The van der Waals surface area contributed by atoms with Crippen molar-refractivity contribution in [1.82, 2.24) is 9.97 Å². The molecule has 0 atom stereocenters. The van der Waals surface area contributed by atoms with E-state index in [4.69, 9.17) is 20.9 Å². The van der Waals surface area contributed by atoms with E-state index >= 15 is 0 Å². The molecule has 1 saturated heterocycles. The van der Waals surface area contributed by atoms with Crippen LogP contribution >= 0.6 is 0 Å². The number of hydrogen-bond acceptors (Lipinski definition) is 8. The number of nitrogens with two attached hydrogens (primary N) is 2. The maximum Gasteiger partial charge on any atom is 0.237 e. The van der Waals surface area contributed by atoms with E-state index in [9.17, 15) is 5.26 Å². The van der Waals surface area contributed by atoms with Gasteiger partial charge in [-0.15, -0.1) is 0 Å². The predicted molar refractivity (Wildman–Crippen MR) is 138 cm³/mol. The maximum absolute atomic E-state index is 10.2. The SMILES string of the molecule is CCOc1ncc(-c2ccc3nc(N)c(-c4ccc(N5CCOCC5)cc4)c(C#N)c3c2)cc1N. The molecule has 176 valence electrons. The van der Waals surface area contributed by atoms with Crippen LogP contribution in [0.15, 0.2) is 54.7 Å². The molecule has 4 N–H and O–H groups in total. The highest BCUT2D eigenvalue weighted by atomic mass is 16.5. The van der Waals surface area contributed by atoms with E-state index in [1.807, 2.05) is 43.3 Å². The zero-order valence-corrected chi connectivity index (χ0v) is 19.5. The molecule has 0 spiro atoms. The van der Waals surface area contributed by atoms with Crippen molar-refractivity contribution < 1.29 is 9.47 Å². The fourth-order valence-corrected chi connectivity index (χ4v) is 4.41. The smallest absolute Gasteiger partial charge is 0.237 e. The van der Waals surface area contributed by atoms with Crippen molar-refractivity contribution in [2.75, 3.05) is 49.3 Å². The predicted octanol–water partition coefficient (Wildman–Crippen LogP) is 4.24. The number of hydrogen-bond donors (Lipinski definition) is 2. The minimum absolute atomic E-state index is 0.327. The molecule has 1 fully saturated rings. The molecule has 8 nitrogen and oxygen atoms in total. The summed E-state index contributed by atoms with van der Waals surface area (Å²) in [7, 11) is 0. The molecule has 0 unspecified atom stereocenters. The molecular weight excluding hydrogens is 440 g/mol. The molecular formula is C27H26N6O2. The highest BCUT2D eigenvalue weighted by Gasteiger charge is 2.18. The Morgan fingerprint density at radius 1 is 1.03 bits per heavy atom. The molecule has 0 bridgehead atoms. The Hall–Kier alpha value is -4.35. The Morgan fingerprint density at radius 3 is 2.46 bits per heavy atom. The molecule has 8 heteroatoms. The van der Waals surface area contributed by atoms with Crippen LogP contribution in [0.2, 0.25) is 0 Å². The number of nitrogen functional groups attached to an aromatic ring is 2. The monoisotopic (exact) mass is 466 g/mol. The summed E-state index contributed by atoms with van der Waals surface area (Å²) in [6, 6.07) is 18.0. The van der Waals surface area contributed by atoms with Crippen molar-refractivity contribution in [3.05, 3.63) is 60.3 Å². The lowest BCUT2D eigenvalue weighted by Gasteiger charge is -2.29. The summed E-state index contributed by atoms with van der Waals surface area (Å²) in [5.41, 5.74) is 18.4. The van der Waals surface area contributed by atoms with Crippen LogP contribution in [0.4, 0.5) is 17.2 Å². The third-order valence-corrected chi connectivity index (χ3v) is 6.15. The molecule has 0 radical (unpaired) electrons. The lowest BCUT2D eigenvalue weighted by atomic mass is 9.95. The average molecular weight is 467 g/mol. The fraction of sp³-hybridized carbons (Fsp3) is 0.222. The number of ether oxygens (including phenoxy) is 2. The van der Waals surface area contributed by atoms with Crippen LogP contribution in [-0.4, -0.2) is 42.9 Å². The topological polar surface area (TPSA) is 123 Å². The largest absolute Gasteiger partial charge is 0.477 e. The second kappa shape index (κ2) is 9.49. The molecule has 4 aromatic rings. The Morgan fingerprint density at radius 2 is 1.77 bits per heavy atom. The molecule has 0 amide bonds. The van der Waals surface area contributed by atoms with Gasteiger partial charge in [-0.05, 0) is 48.4 Å². The second-order valence-corrected chi connectivity index (χ2v) is 8.29. The summed E-state index contributed by atoms with van der Waals surface area (Å²) in [4.78, 5) is 11.2. The molecule has 3 heterocycles. The van der Waals surface area contributed by atoms with Gasteiger partial charge >= 0.3 is 0 Å². The summed E-state index contributed by atoms with van der Waals surface area (Å²) in [6.07, 6.45) is 1.71. The van der Waals surface area contributed by atoms with Gasteiger partial charge in [-0.25, -0.2) is 9.97 Å². The normalized spacial score (nSPS) is 13.5. The molecule has 2 aromatic heterocycles. The van der Waals surface area contributed by atoms with Crippen LogP contribution in [-0.2, 0) is 4.74 Å². The van der Waals surface area contributed by atoms with Crippen LogP contribution in [0.25, 0.3) is 33.2 Å². The van der Waals surface area contributed by atoms with Crippen LogP contribution in [0, 0.1) is 11.3 Å². The molecule has 0 saturated carbocycles. The van der Waals surface area contributed by atoms with Crippen molar-refractivity contribution >= 4 is 28.1 Å². The second-order valence-electron chi connectivity index (χ2n) is 8.29. The quantitative estimate of drug-likeness (QED) is 0.448. The molecule has 0 aliphatic carbocycles. The molecule has 1 aliphatic rings. The van der Waals surface area contributed by atoms with Crippen molar-refractivity contribution in [2.45, 2.75) is 6.92 Å². The standard InChI is InChI=1S/C27H26N6O2/c1-2-35-27-23(29)14-19(16-31-27)18-5-8-24-21(13-18)22(15-28)25(26(30)32-24)17-3-6-20(7-4-17)33-9-11-34-12-10-33/h3-8,13-14,16H,2,9-12,29H2,1H3,(H2,30,32). The first-order valence-electron chi connectivity index (χ1n) is 11.5. The van der Waals surface area contributed by atoms with Gasteiger partial charge in [-0.2, -0.15) is 5.26 Å². The summed E-state index contributed by atoms with van der Waals surface area (Å²) >= 11 is 0. The average Bonchev–Trinajstić information content (AvgIpc) is 2.89. The minimum atomic E-state index is 0.327. The summed E-state index contributed by atoms with van der Waals surface area (Å²) in [6.45, 7) is 5.53. The van der Waals surface area contributed by atoms with Gasteiger partial charge in [-0.1, -0.05) is 18.2 Å². The maximum atomic E-state index is 10.2. The zero-order valence-electron chi connectivity index (χ0n) is 19.5.